The number of carbonyl (C=O) groups is 2. The quantitative estimate of drug-likeness (QED) is 0.366. The van der Waals surface area contributed by atoms with Gasteiger partial charge in [0.15, 0.2) is 5.75 Å². The van der Waals surface area contributed by atoms with Gasteiger partial charge in [0.05, 0.1) is 36.9 Å². The highest BCUT2D eigenvalue weighted by Crippen LogP contribution is 2.41. The van der Waals surface area contributed by atoms with Crippen LogP contribution >= 0.6 is 0 Å². The van der Waals surface area contributed by atoms with E-state index in [1.165, 1.54) is 19.2 Å². The number of nitrogens with zero attached hydrogens (tertiary/aromatic N) is 1. The number of amides is 2. The molecule has 0 saturated carbocycles. The highest BCUT2D eigenvalue weighted by atomic mass is 16.6. The topological polar surface area (TPSA) is 129 Å². The first-order valence-electron chi connectivity index (χ1n) is 9.34. The Labute approximate surface area is 168 Å². The number of esters is 1. The maximum absolute atomic E-state index is 12.7. The van der Waals surface area contributed by atoms with Crippen LogP contribution in [-0.4, -0.2) is 37.2 Å². The molecule has 0 fully saturated rings. The fourth-order valence-electron chi connectivity index (χ4n) is 3.14. The molecule has 29 heavy (non-hydrogen) atoms. The minimum Gasteiger partial charge on any atom is -0.490 e. The Bertz CT molecular complexity index is 835. The predicted octanol–water partition coefficient (Wildman–Crippen LogP) is 2.97. The van der Waals surface area contributed by atoms with Crippen LogP contribution in [0.1, 0.15) is 45.2 Å². The van der Waals surface area contributed by atoms with Gasteiger partial charge in [-0.3, -0.25) is 10.1 Å². The molecule has 10 heteroatoms. The molecule has 1 aromatic carbocycles. The molecule has 0 aromatic heterocycles. The summed E-state index contributed by atoms with van der Waals surface area (Å²) < 4.78 is 15.8. The summed E-state index contributed by atoms with van der Waals surface area (Å²) in [4.78, 5) is 35.9. The average molecular weight is 407 g/mol. The molecule has 2 amide bonds. The number of nitro groups is 1. The van der Waals surface area contributed by atoms with Crippen molar-refractivity contribution in [3.05, 3.63) is 39.1 Å². The Morgan fingerprint density at radius 2 is 1.97 bits per heavy atom. The third-order valence-corrected chi connectivity index (χ3v) is 4.24. The molecule has 1 unspecified atom stereocenters. The number of hydrogen-bond donors (Lipinski definition) is 2. The molecule has 1 aromatic rings. The fourth-order valence-corrected chi connectivity index (χ4v) is 3.14. The van der Waals surface area contributed by atoms with Crippen molar-refractivity contribution < 1.29 is 28.7 Å². The van der Waals surface area contributed by atoms with Gasteiger partial charge in [-0.25, -0.2) is 9.59 Å². The Morgan fingerprint density at radius 3 is 2.52 bits per heavy atom. The van der Waals surface area contributed by atoms with Crippen molar-refractivity contribution in [2.75, 3.05) is 20.3 Å². The minimum absolute atomic E-state index is 0.0312. The van der Waals surface area contributed by atoms with E-state index < -0.39 is 23.0 Å². The molecule has 2 N–H and O–H groups in total. The number of hydrogen-bond acceptors (Lipinski definition) is 7. The molecule has 1 aliphatic heterocycles. The van der Waals surface area contributed by atoms with Gasteiger partial charge in [0.2, 0.25) is 5.75 Å². The molecule has 158 valence electrons. The van der Waals surface area contributed by atoms with Gasteiger partial charge in [0.1, 0.15) is 0 Å². The first-order chi connectivity index (χ1) is 13.9. The first-order valence-corrected chi connectivity index (χ1v) is 9.34. The summed E-state index contributed by atoms with van der Waals surface area (Å²) in [5.41, 5.74) is 0.611. The molecular weight excluding hydrogens is 382 g/mol. The van der Waals surface area contributed by atoms with Crippen molar-refractivity contribution >= 4 is 17.7 Å². The lowest BCUT2D eigenvalue weighted by molar-refractivity contribution is -0.385. The van der Waals surface area contributed by atoms with Crippen LogP contribution in [0.5, 0.6) is 11.5 Å². The molecule has 10 nitrogen and oxygen atoms in total. The third-order valence-electron chi connectivity index (χ3n) is 4.24. The third kappa shape index (κ3) is 4.76. The van der Waals surface area contributed by atoms with E-state index in [0.29, 0.717) is 24.1 Å². The maximum atomic E-state index is 12.7. The van der Waals surface area contributed by atoms with Crippen LogP contribution in [0.3, 0.4) is 0 Å². The highest BCUT2D eigenvalue weighted by Gasteiger charge is 2.35. The number of nitro benzene ring substituents is 1. The number of nitrogens with one attached hydrogen (secondary N) is 2. The summed E-state index contributed by atoms with van der Waals surface area (Å²) in [5.74, 6) is -0.492. The first kappa shape index (κ1) is 22.0. The highest BCUT2D eigenvalue weighted by molar-refractivity contribution is 5.95. The summed E-state index contributed by atoms with van der Waals surface area (Å²) in [6.45, 7) is 5.71. The average Bonchev–Trinajstić information content (AvgIpc) is 2.67. The lowest BCUT2D eigenvalue weighted by atomic mass is 9.93. The Hall–Kier alpha value is -3.30. The van der Waals surface area contributed by atoms with E-state index in [9.17, 15) is 19.7 Å². The Kier molecular flexibility index (Phi) is 7.40. The van der Waals surface area contributed by atoms with Gasteiger partial charge < -0.3 is 24.8 Å². The summed E-state index contributed by atoms with van der Waals surface area (Å²) in [7, 11) is 1.31. The Balaban J connectivity index is 2.70. The van der Waals surface area contributed by atoms with Crippen molar-refractivity contribution in [1.29, 1.82) is 0 Å². The molecule has 0 spiro atoms. The number of rotatable bonds is 9. The minimum atomic E-state index is -0.937. The van der Waals surface area contributed by atoms with E-state index >= 15 is 0 Å². The zero-order valence-corrected chi connectivity index (χ0v) is 16.9. The summed E-state index contributed by atoms with van der Waals surface area (Å²) >= 11 is 0. The van der Waals surface area contributed by atoms with Crippen LogP contribution in [0.2, 0.25) is 0 Å². The van der Waals surface area contributed by atoms with Gasteiger partial charge in [-0.15, -0.1) is 0 Å². The normalized spacial score (nSPS) is 16.0. The van der Waals surface area contributed by atoms with Crippen LogP contribution in [0.4, 0.5) is 10.5 Å². The van der Waals surface area contributed by atoms with Crippen molar-refractivity contribution in [1.82, 2.24) is 10.6 Å². The molecule has 0 aliphatic carbocycles. The van der Waals surface area contributed by atoms with Crippen LogP contribution in [0.15, 0.2) is 23.4 Å². The van der Waals surface area contributed by atoms with Crippen molar-refractivity contribution in [2.24, 2.45) is 0 Å². The molecular formula is C19H25N3O7. The lowest BCUT2D eigenvalue weighted by Crippen LogP contribution is -2.46. The van der Waals surface area contributed by atoms with Gasteiger partial charge in [-0.1, -0.05) is 13.3 Å². The predicted molar refractivity (Wildman–Crippen MR) is 104 cm³/mol. The number of ether oxygens (including phenoxy) is 3. The van der Waals surface area contributed by atoms with Crippen LogP contribution in [0, 0.1) is 10.1 Å². The van der Waals surface area contributed by atoms with E-state index in [1.807, 2.05) is 6.92 Å². The largest absolute Gasteiger partial charge is 0.490 e. The smallest absolute Gasteiger partial charge is 0.338 e. The van der Waals surface area contributed by atoms with Gasteiger partial charge in [0, 0.05) is 11.8 Å². The van der Waals surface area contributed by atoms with Crippen LogP contribution < -0.4 is 20.1 Å². The number of carbonyl (C=O) groups excluding carboxylic acids is 2. The monoisotopic (exact) mass is 407 g/mol. The van der Waals surface area contributed by atoms with Gasteiger partial charge in [-0.05, 0) is 31.9 Å². The zero-order chi connectivity index (χ0) is 21.6. The van der Waals surface area contributed by atoms with Crippen LogP contribution in [0.25, 0.3) is 0 Å². The zero-order valence-electron chi connectivity index (χ0n) is 16.9. The van der Waals surface area contributed by atoms with E-state index in [-0.39, 0.29) is 36.0 Å². The van der Waals surface area contributed by atoms with Crippen molar-refractivity contribution in [3.8, 4) is 11.5 Å². The van der Waals surface area contributed by atoms with Gasteiger partial charge in [-0.2, -0.15) is 0 Å². The number of methoxy groups -OCH3 is 1. The second-order valence-corrected chi connectivity index (χ2v) is 6.16. The SMILES string of the molecule is CCCC1=C(C(=O)OCC)C(c2cc(OCC)c(OC)c([N+](=O)[O-])c2)NC(=O)N1. The fraction of sp³-hybridized carbons (Fsp3) is 0.474. The number of allylic oxidation sites excluding steroid dienone is 1. The molecule has 2 rings (SSSR count). The lowest BCUT2D eigenvalue weighted by Gasteiger charge is -2.29. The molecule has 0 bridgehead atoms. The molecule has 0 saturated heterocycles. The van der Waals surface area contributed by atoms with E-state index in [4.69, 9.17) is 14.2 Å². The molecule has 1 heterocycles. The van der Waals surface area contributed by atoms with Gasteiger partial charge in [0.25, 0.3) is 0 Å². The van der Waals surface area contributed by atoms with E-state index in [0.717, 1.165) is 0 Å². The summed E-state index contributed by atoms with van der Waals surface area (Å²) in [5, 5.41) is 16.9. The number of benzene rings is 1. The maximum Gasteiger partial charge on any atom is 0.338 e. The molecule has 0 radical (unpaired) electrons. The second kappa shape index (κ2) is 9.76. The van der Waals surface area contributed by atoms with Crippen molar-refractivity contribution in [2.45, 2.75) is 39.7 Å². The Morgan fingerprint density at radius 1 is 1.24 bits per heavy atom. The van der Waals surface area contributed by atoms with Crippen LogP contribution in [-0.2, 0) is 9.53 Å². The summed E-state index contributed by atoms with van der Waals surface area (Å²) in [6, 6.07) is 1.34. The molecule has 1 atom stereocenters. The molecule has 1 aliphatic rings. The standard InChI is InChI=1S/C19H25N3O7/c1-5-8-12-15(18(23)29-7-3)16(21-19(24)20-12)11-9-13(22(25)26)17(27-4)14(10-11)28-6-2/h9-10,16H,5-8H2,1-4H3,(H2,20,21,24). The second-order valence-electron chi connectivity index (χ2n) is 6.16. The van der Waals surface area contributed by atoms with Crippen molar-refractivity contribution in [3.63, 3.8) is 0 Å². The number of urea groups is 1. The van der Waals surface area contributed by atoms with Gasteiger partial charge >= 0.3 is 17.7 Å². The van der Waals surface area contributed by atoms with E-state index in [2.05, 4.69) is 10.6 Å². The van der Waals surface area contributed by atoms with E-state index in [1.54, 1.807) is 13.8 Å². The summed E-state index contributed by atoms with van der Waals surface area (Å²) in [6.07, 6.45) is 1.12.